The Labute approximate surface area is 151 Å². The zero-order valence-corrected chi connectivity index (χ0v) is 15.8. The number of hydrogen-bond donors (Lipinski definition) is 3. The molecule has 1 aliphatic carbocycles. The third-order valence-corrected chi connectivity index (χ3v) is 4.71. The molecule has 5 heteroatoms. The third-order valence-electron chi connectivity index (χ3n) is 4.71. The van der Waals surface area contributed by atoms with Gasteiger partial charge in [0.25, 0.3) is 0 Å². The van der Waals surface area contributed by atoms with E-state index in [1.54, 1.807) is 0 Å². The van der Waals surface area contributed by atoms with Gasteiger partial charge in [-0.25, -0.2) is 0 Å². The molecule has 1 fully saturated rings. The molecular weight excluding hydrogens is 314 g/mol. The van der Waals surface area contributed by atoms with Crippen molar-refractivity contribution >= 4 is 23.2 Å². The molecule has 1 aromatic rings. The number of carbonyl (C=O) groups excluding carboxylic acids is 2. The van der Waals surface area contributed by atoms with Crippen LogP contribution in [0.25, 0.3) is 0 Å². The molecule has 0 heterocycles. The molecule has 2 unspecified atom stereocenters. The summed E-state index contributed by atoms with van der Waals surface area (Å²) in [6, 6.07) is 7.74. The summed E-state index contributed by atoms with van der Waals surface area (Å²) in [5.41, 5.74) is 1.10. The van der Waals surface area contributed by atoms with Gasteiger partial charge >= 0.3 is 0 Å². The summed E-state index contributed by atoms with van der Waals surface area (Å²) in [5.74, 6) is 0.533. The van der Waals surface area contributed by atoms with E-state index >= 15 is 0 Å². The van der Waals surface area contributed by atoms with Crippen molar-refractivity contribution in [1.82, 2.24) is 5.32 Å². The summed E-state index contributed by atoms with van der Waals surface area (Å²) in [6.45, 7) is 8.07. The predicted octanol–water partition coefficient (Wildman–Crippen LogP) is 3.78. The molecule has 5 nitrogen and oxygen atoms in total. The average Bonchev–Trinajstić information content (AvgIpc) is 2.55. The van der Waals surface area contributed by atoms with Crippen LogP contribution in [0.4, 0.5) is 11.4 Å². The highest BCUT2D eigenvalue weighted by Gasteiger charge is 2.23. The van der Waals surface area contributed by atoms with Gasteiger partial charge in [-0.05, 0) is 37.0 Å². The summed E-state index contributed by atoms with van der Waals surface area (Å²) in [4.78, 5) is 24.2. The topological polar surface area (TPSA) is 70.2 Å². The van der Waals surface area contributed by atoms with Crippen LogP contribution in [0, 0.1) is 11.3 Å². The molecule has 25 heavy (non-hydrogen) atoms. The molecule has 1 aliphatic rings. The van der Waals surface area contributed by atoms with Crippen LogP contribution in [0.3, 0.4) is 0 Å². The van der Waals surface area contributed by atoms with E-state index in [4.69, 9.17) is 0 Å². The highest BCUT2D eigenvalue weighted by molar-refractivity contribution is 5.95. The lowest BCUT2D eigenvalue weighted by Crippen LogP contribution is -2.43. The summed E-state index contributed by atoms with van der Waals surface area (Å²) < 4.78 is 0. The Hall–Kier alpha value is -2.04. The van der Waals surface area contributed by atoms with Crippen molar-refractivity contribution in [1.29, 1.82) is 0 Å². The van der Waals surface area contributed by atoms with Gasteiger partial charge in [0.15, 0.2) is 0 Å². The zero-order chi connectivity index (χ0) is 18.4. The molecule has 0 spiro atoms. The molecule has 1 aromatic carbocycles. The second-order valence-electron chi connectivity index (χ2n) is 8.07. The lowest BCUT2D eigenvalue weighted by Gasteiger charge is -2.29. The monoisotopic (exact) mass is 345 g/mol. The fourth-order valence-electron chi connectivity index (χ4n) is 3.00. The van der Waals surface area contributed by atoms with Crippen LogP contribution in [-0.4, -0.2) is 24.4 Å². The minimum absolute atomic E-state index is 0.0166. The lowest BCUT2D eigenvalue weighted by atomic mass is 9.86. The SMILES string of the molecule is CC1CCCCC1NC(=O)CNc1cccc(NC(=O)C(C)(C)C)c1. The predicted molar refractivity (Wildman–Crippen MR) is 103 cm³/mol. The van der Waals surface area contributed by atoms with Gasteiger partial charge in [-0.2, -0.15) is 0 Å². The van der Waals surface area contributed by atoms with E-state index in [1.807, 2.05) is 45.0 Å². The number of hydrogen-bond acceptors (Lipinski definition) is 3. The van der Waals surface area contributed by atoms with Crippen molar-refractivity contribution < 1.29 is 9.59 Å². The van der Waals surface area contributed by atoms with Gasteiger partial charge < -0.3 is 16.0 Å². The normalized spacial score (nSPS) is 20.6. The van der Waals surface area contributed by atoms with Crippen molar-refractivity contribution in [3.8, 4) is 0 Å². The molecule has 0 bridgehead atoms. The standard InChI is InChI=1S/C20H31N3O2/c1-14-8-5-6-11-17(14)23-18(24)13-21-15-9-7-10-16(12-15)22-19(25)20(2,3)4/h7,9-10,12,14,17,21H,5-6,8,11,13H2,1-4H3,(H,22,25)(H,23,24). The van der Waals surface area contributed by atoms with Gasteiger partial charge in [-0.3, -0.25) is 9.59 Å². The highest BCUT2D eigenvalue weighted by atomic mass is 16.2. The van der Waals surface area contributed by atoms with E-state index in [2.05, 4.69) is 22.9 Å². The maximum Gasteiger partial charge on any atom is 0.239 e. The second-order valence-corrected chi connectivity index (χ2v) is 8.07. The first kappa shape index (κ1) is 19.3. The van der Waals surface area contributed by atoms with E-state index in [0.717, 1.165) is 17.8 Å². The van der Waals surface area contributed by atoms with Gasteiger partial charge in [0, 0.05) is 22.8 Å². The molecular formula is C20H31N3O2. The number of nitrogens with one attached hydrogen (secondary N) is 3. The Kier molecular flexibility index (Phi) is 6.45. The minimum atomic E-state index is -0.444. The van der Waals surface area contributed by atoms with Crippen LogP contribution >= 0.6 is 0 Å². The Morgan fingerprint density at radius 3 is 2.48 bits per heavy atom. The number of carbonyl (C=O) groups is 2. The minimum Gasteiger partial charge on any atom is -0.376 e. The van der Waals surface area contributed by atoms with Crippen LogP contribution in [0.1, 0.15) is 53.4 Å². The molecule has 2 rings (SSSR count). The van der Waals surface area contributed by atoms with E-state index < -0.39 is 5.41 Å². The number of rotatable bonds is 5. The molecule has 2 amide bonds. The first-order chi connectivity index (χ1) is 11.8. The first-order valence-corrected chi connectivity index (χ1v) is 9.20. The molecule has 2 atom stereocenters. The van der Waals surface area contributed by atoms with Gasteiger partial charge in [0.05, 0.1) is 6.54 Å². The maximum atomic E-state index is 12.2. The van der Waals surface area contributed by atoms with Crippen molar-refractivity contribution in [2.75, 3.05) is 17.2 Å². The van der Waals surface area contributed by atoms with E-state index in [1.165, 1.54) is 19.3 Å². The molecule has 0 aliphatic heterocycles. The van der Waals surface area contributed by atoms with Crippen molar-refractivity contribution in [3.63, 3.8) is 0 Å². The first-order valence-electron chi connectivity index (χ1n) is 9.20. The lowest BCUT2D eigenvalue weighted by molar-refractivity contribution is -0.123. The smallest absolute Gasteiger partial charge is 0.239 e. The van der Waals surface area contributed by atoms with Gasteiger partial charge in [0.1, 0.15) is 0 Å². The summed E-state index contributed by atoms with van der Waals surface area (Å²) in [7, 11) is 0. The second kappa shape index (κ2) is 8.37. The van der Waals surface area contributed by atoms with E-state index in [-0.39, 0.29) is 18.4 Å². The Morgan fingerprint density at radius 1 is 1.12 bits per heavy atom. The van der Waals surface area contributed by atoms with Gasteiger partial charge in [-0.15, -0.1) is 0 Å². The number of amides is 2. The van der Waals surface area contributed by atoms with Crippen LogP contribution < -0.4 is 16.0 Å². The van der Waals surface area contributed by atoms with Crippen LogP contribution in [0.2, 0.25) is 0 Å². The van der Waals surface area contributed by atoms with Crippen molar-refractivity contribution in [2.24, 2.45) is 11.3 Å². The molecule has 3 N–H and O–H groups in total. The Bertz CT molecular complexity index is 607. The maximum absolute atomic E-state index is 12.2. The van der Waals surface area contributed by atoms with Gasteiger partial charge in [-0.1, -0.05) is 46.6 Å². The fourth-order valence-corrected chi connectivity index (χ4v) is 3.00. The molecule has 0 aromatic heterocycles. The van der Waals surface area contributed by atoms with Crippen LogP contribution in [0.5, 0.6) is 0 Å². The molecule has 1 saturated carbocycles. The van der Waals surface area contributed by atoms with E-state index in [9.17, 15) is 9.59 Å². The quantitative estimate of drug-likeness (QED) is 0.760. The average molecular weight is 345 g/mol. The molecule has 0 radical (unpaired) electrons. The highest BCUT2D eigenvalue weighted by Crippen LogP contribution is 2.23. The Balaban J connectivity index is 1.85. The Morgan fingerprint density at radius 2 is 1.80 bits per heavy atom. The molecule has 138 valence electrons. The number of anilines is 2. The largest absolute Gasteiger partial charge is 0.376 e. The van der Waals surface area contributed by atoms with Crippen LogP contribution in [0.15, 0.2) is 24.3 Å². The third kappa shape index (κ3) is 6.07. The zero-order valence-electron chi connectivity index (χ0n) is 15.8. The summed E-state index contributed by atoms with van der Waals surface area (Å²) >= 11 is 0. The van der Waals surface area contributed by atoms with E-state index in [0.29, 0.717) is 12.0 Å². The fraction of sp³-hybridized carbons (Fsp3) is 0.600. The van der Waals surface area contributed by atoms with Crippen LogP contribution in [-0.2, 0) is 9.59 Å². The van der Waals surface area contributed by atoms with Gasteiger partial charge in [0.2, 0.25) is 11.8 Å². The summed E-state index contributed by atoms with van der Waals surface area (Å²) in [6.07, 6.45) is 4.71. The van der Waals surface area contributed by atoms with Crippen molar-refractivity contribution in [3.05, 3.63) is 24.3 Å². The summed E-state index contributed by atoms with van der Waals surface area (Å²) in [5, 5.41) is 9.17. The number of benzene rings is 1. The van der Waals surface area contributed by atoms with Crippen molar-refractivity contribution in [2.45, 2.75) is 59.4 Å². The molecule has 0 saturated heterocycles.